The lowest BCUT2D eigenvalue weighted by molar-refractivity contribution is -0.135. The zero-order valence-electron chi connectivity index (χ0n) is 18.1. The second-order valence-electron chi connectivity index (χ2n) is 6.97. The van der Waals surface area contributed by atoms with Crippen LogP contribution >= 0.6 is 0 Å². The molecule has 2 aromatic rings. The molecule has 1 aliphatic rings. The Morgan fingerprint density at radius 3 is 2.18 bits per heavy atom. The van der Waals surface area contributed by atoms with Crippen LogP contribution < -0.4 is 5.32 Å². The highest BCUT2D eigenvalue weighted by Gasteiger charge is 2.45. The fourth-order valence-corrected chi connectivity index (χ4v) is 3.87. The van der Waals surface area contributed by atoms with Gasteiger partial charge < -0.3 is 20.4 Å². The number of nitrogens with one attached hydrogen (secondary N) is 1. The number of hydrogen-bond donors (Lipinski definition) is 3. The normalized spacial score (nSPS) is 14.5. The molecule has 0 aliphatic carbocycles. The van der Waals surface area contributed by atoms with Gasteiger partial charge in [-0.15, -0.1) is 0 Å². The van der Waals surface area contributed by atoms with Crippen molar-refractivity contribution in [2.24, 2.45) is 7.05 Å². The zero-order chi connectivity index (χ0) is 25.1. The summed E-state index contributed by atoms with van der Waals surface area (Å²) in [4.78, 5) is 43.5. The van der Waals surface area contributed by atoms with E-state index in [-0.39, 0.29) is 31.9 Å². The zero-order valence-corrected chi connectivity index (χ0v) is 18.9. The van der Waals surface area contributed by atoms with Gasteiger partial charge >= 0.3 is 0 Å². The van der Waals surface area contributed by atoms with E-state index in [1.807, 2.05) is 0 Å². The summed E-state index contributed by atoms with van der Waals surface area (Å²) in [5.41, 5.74) is -0.969. The van der Waals surface area contributed by atoms with Crippen LogP contribution in [-0.2, 0) is 41.6 Å². The standard InChI is InChI=1S/C16H22N6O4S.2CH2O2/c1-20-9-4-13(19-20)18-15(24)16(22-8-3-7-17-22)5-10-21(11-6-16)14(23)12-27(2,25)26;2*2-1-3/h3-4,7-9H,5-6,10-12H2,1-2H3,(H,18,19,24);2*1H,(H,2,3). The number of rotatable bonds is 5. The van der Waals surface area contributed by atoms with Crippen LogP contribution in [0.3, 0.4) is 0 Å². The molecule has 182 valence electrons. The van der Waals surface area contributed by atoms with Crippen LogP contribution in [0.4, 0.5) is 5.82 Å². The van der Waals surface area contributed by atoms with E-state index in [1.165, 1.54) is 4.90 Å². The summed E-state index contributed by atoms with van der Waals surface area (Å²) < 4.78 is 25.9. The van der Waals surface area contributed by atoms with Crippen molar-refractivity contribution in [2.45, 2.75) is 18.4 Å². The van der Waals surface area contributed by atoms with Gasteiger partial charge in [-0.1, -0.05) is 0 Å². The number of aryl methyl sites for hydroxylation is 1. The van der Waals surface area contributed by atoms with Crippen LogP contribution in [0.5, 0.6) is 0 Å². The Morgan fingerprint density at radius 1 is 1.18 bits per heavy atom. The molecule has 1 aliphatic heterocycles. The van der Waals surface area contributed by atoms with Crippen LogP contribution in [0.15, 0.2) is 30.7 Å². The molecule has 15 heteroatoms. The van der Waals surface area contributed by atoms with Gasteiger partial charge in [0.05, 0.1) is 0 Å². The molecular formula is C18H26N6O8S. The van der Waals surface area contributed by atoms with Crippen molar-refractivity contribution in [1.29, 1.82) is 0 Å². The summed E-state index contributed by atoms with van der Waals surface area (Å²) in [5.74, 6) is -0.802. The minimum absolute atomic E-state index is 0.250. The molecule has 3 heterocycles. The Hall–Kier alpha value is -3.75. The van der Waals surface area contributed by atoms with E-state index in [0.29, 0.717) is 18.7 Å². The number of piperidine rings is 1. The average molecular weight is 487 g/mol. The third kappa shape index (κ3) is 8.03. The first-order valence-corrected chi connectivity index (χ1v) is 11.5. The summed E-state index contributed by atoms with van der Waals surface area (Å²) in [6.45, 7) is 0.0354. The predicted octanol–water partition coefficient (Wildman–Crippen LogP) is -0.981. The first-order valence-electron chi connectivity index (χ1n) is 9.45. The summed E-state index contributed by atoms with van der Waals surface area (Å²) in [5, 5.41) is 25.0. The number of carbonyl (C=O) groups excluding carboxylic acids is 2. The fraction of sp³-hybridized carbons (Fsp3) is 0.444. The second kappa shape index (κ2) is 12.3. The summed E-state index contributed by atoms with van der Waals surface area (Å²) >= 11 is 0. The van der Waals surface area contributed by atoms with Crippen LogP contribution in [-0.4, -0.2) is 92.9 Å². The number of hydrogen-bond acceptors (Lipinski definition) is 8. The van der Waals surface area contributed by atoms with E-state index in [0.717, 1.165) is 6.26 Å². The molecular weight excluding hydrogens is 460 g/mol. The quantitative estimate of drug-likeness (QED) is 0.442. The monoisotopic (exact) mass is 486 g/mol. The number of aromatic nitrogens is 4. The third-order valence-corrected chi connectivity index (χ3v) is 5.42. The Kier molecular flexibility index (Phi) is 10.2. The topological polar surface area (TPSA) is 194 Å². The van der Waals surface area contributed by atoms with Crippen molar-refractivity contribution in [3.05, 3.63) is 30.7 Å². The van der Waals surface area contributed by atoms with Gasteiger partial charge in [0.25, 0.3) is 18.9 Å². The van der Waals surface area contributed by atoms with E-state index in [1.54, 1.807) is 47.1 Å². The molecule has 0 saturated carbocycles. The third-order valence-electron chi connectivity index (χ3n) is 4.65. The maximum Gasteiger partial charge on any atom is 0.290 e. The van der Waals surface area contributed by atoms with Crippen LogP contribution in [0, 0.1) is 0 Å². The van der Waals surface area contributed by atoms with Crippen molar-refractivity contribution < 1.29 is 37.8 Å². The molecule has 3 N–H and O–H groups in total. The molecule has 1 fully saturated rings. The van der Waals surface area contributed by atoms with E-state index in [2.05, 4.69) is 15.5 Å². The number of amides is 2. The lowest BCUT2D eigenvalue weighted by Gasteiger charge is -2.40. The van der Waals surface area contributed by atoms with Gasteiger partial charge in [0.1, 0.15) is 11.3 Å². The van der Waals surface area contributed by atoms with Gasteiger partial charge in [-0.05, 0) is 18.9 Å². The minimum Gasteiger partial charge on any atom is -0.483 e. The second-order valence-corrected chi connectivity index (χ2v) is 9.11. The van der Waals surface area contributed by atoms with Gasteiger partial charge in [-0.2, -0.15) is 10.2 Å². The van der Waals surface area contributed by atoms with E-state index in [9.17, 15) is 18.0 Å². The highest BCUT2D eigenvalue weighted by Crippen LogP contribution is 2.31. The molecule has 0 bridgehead atoms. The molecule has 1 saturated heterocycles. The number of carboxylic acid groups (broad SMARTS) is 2. The maximum atomic E-state index is 13.1. The first kappa shape index (κ1) is 27.3. The van der Waals surface area contributed by atoms with Crippen LogP contribution in [0.1, 0.15) is 12.8 Å². The summed E-state index contributed by atoms with van der Waals surface area (Å²) in [7, 11) is -1.64. The number of nitrogens with zero attached hydrogens (tertiary/aromatic N) is 5. The minimum atomic E-state index is -3.40. The Balaban J connectivity index is 0.000000819. The predicted molar refractivity (Wildman–Crippen MR) is 115 cm³/mol. The highest BCUT2D eigenvalue weighted by molar-refractivity contribution is 7.91. The molecule has 33 heavy (non-hydrogen) atoms. The van der Waals surface area contributed by atoms with Crippen molar-refractivity contribution in [1.82, 2.24) is 24.5 Å². The SMILES string of the molecule is Cn1ccc(NC(=O)C2(n3cccn3)CCN(C(=O)CS(C)(=O)=O)CC2)n1.O=CO.O=CO. The smallest absolute Gasteiger partial charge is 0.290 e. The van der Waals surface area contributed by atoms with Gasteiger partial charge in [-0.25, -0.2) is 8.42 Å². The van der Waals surface area contributed by atoms with E-state index < -0.39 is 27.0 Å². The largest absolute Gasteiger partial charge is 0.483 e. The molecule has 2 amide bonds. The van der Waals surface area contributed by atoms with E-state index in [4.69, 9.17) is 19.8 Å². The highest BCUT2D eigenvalue weighted by atomic mass is 32.2. The van der Waals surface area contributed by atoms with Crippen molar-refractivity contribution in [3.8, 4) is 0 Å². The number of likely N-dealkylation sites (tertiary alicyclic amines) is 1. The van der Waals surface area contributed by atoms with Gasteiger partial charge in [0, 0.05) is 51.0 Å². The van der Waals surface area contributed by atoms with Crippen molar-refractivity contribution >= 4 is 40.4 Å². The van der Waals surface area contributed by atoms with Crippen molar-refractivity contribution in [2.75, 3.05) is 30.4 Å². The number of anilines is 1. The maximum absolute atomic E-state index is 13.1. The molecule has 0 aromatic carbocycles. The lowest BCUT2D eigenvalue weighted by atomic mass is 9.86. The average Bonchev–Trinajstić information content (AvgIpc) is 3.40. The lowest BCUT2D eigenvalue weighted by Crippen LogP contribution is -2.55. The van der Waals surface area contributed by atoms with Crippen LogP contribution in [0.2, 0.25) is 0 Å². The molecule has 0 atom stereocenters. The Labute approximate surface area is 189 Å². The summed E-state index contributed by atoms with van der Waals surface area (Å²) in [6, 6.07) is 3.43. The van der Waals surface area contributed by atoms with Gasteiger partial charge in [-0.3, -0.25) is 28.5 Å². The number of carbonyl (C=O) groups is 4. The number of sulfone groups is 1. The molecule has 0 spiro atoms. The Bertz CT molecular complexity index is 1020. The van der Waals surface area contributed by atoms with Crippen LogP contribution in [0.25, 0.3) is 0 Å². The Morgan fingerprint density at radius 2 is 1.76 bits per heavy atom. The molecule has 0 unspecified atom stereocenters. The van der Waals surface area contributed by atoms with Gasteiger partial charge in [0.2, 0.25) is 5.91 Å². The van der Waals surface area contributed by atoms with Crippen molar-refractivity contribution in [3.63, 3.8) is 0 Å². The summed E-state index contributed by atoms with van der Waals surface area (Å²) in [6.07, 6.45) is 6.71. The molecule has 0 radical (unpaired) electrons. The van der Waals surface area contributed by atoms with E-state index >= 15 is 0 Å². The van der Waals surface area contributed by atoms with Gasteiger partial charge in [0.15, 0.2) is 15.7 Å². The molecule has 14 nitrogen and oxygen atoms in total. The molecule has 2 aromatic heterocycles. The first-order chi connectivity index (χ1) is 15.5. The fourth-order valence-electron chi connectivity index (χ4n) is 3.24. The molecule has 3 rings (SSSR count).